The van der Waals surface area contributed by atoms with E-state index in [1.807, 2.05) is 0 Å². The van der Waals surface area contributed by atoms with Crippen molar-refractivity contribution >= 4 is 0 Å². The van der Waals surface area contributed by atoms with Gasteiger partial charge in [0.05, 0.1) is 38.6 Å². The molecule has 0 unspecified atom stereocenters. The summed E-state index contributed by atoms with van der Waals surface area (Å²) in [5, 5.41) is 125. The Kier molecular flexibility index (Phi) is 11.8. The lowest BCUT2D eigenvalue weighted by molar-refractivity contribution is -0.381. The highest BCUT2D eigenvalue weighted by Crippen LogP contribution is 2.33. The fourth-order valence-corrected chi connectivity index (χ4v) is 5.44. The highest BCUT2D eigenvalue weighted by Gasteiger charge is 2.54. The predicted octanol–water partition coefficient (Wildman–Crippen LogP) is -8.86. The van der Waals surface area contributed by atoms with Crippen LogP contribution < -0.4 is 5.32 Å². The average Bonchev–Trinajstić information content (AvgIpc) is 3.34. The Hall–Kier alpha value is -0.760. The second kappa shape index (κ2) is 14.6. The molecule has 4 aliphatic heterocycles. The molecule has 19 heteroatoms. The molecule has 0 aromatic heterocycles. The van der Waals surface area contributed by atoms with E-state index in [1.54, 1.807) is 0 Å². The van der Waals surface area contributed by atoms with Gasteiger partial charge in [-0.2, -0.15) is 0 Å². The van der Waals surface area contributed by atoms with Crippen LogP contribution in [0.3, 0.4) is 0 Å². The molecule has 4 aliphatic rings. The molecule has 0 spiro atoms. The van der Waals surface area contributed by atoms with E-state index < -0.39 is 137 Å². The maximum Gasteiger partial charge on any atom is 0.187 e. The molecule has 4 heterocycles. The number of β-amino-alcohol motifs (C(OH)–C–C–N with tert-alkyl or cyclic N) is 1. The van der Waals surface area contributed by atoms with Crippen molar-refractivity contribution in [2.24, 2.45) is 0 Å². The number of hydrogen-bond acceptors (Lipinski definition) is 19. The zero-order valence-corrected chi connectivity index (χ0v) is 22.2. The number of hydrogen-bond donors (Lipinski definition) is 13. The first-order valence-electron chi connectivity index (χ1n) is 13.5. The molecule has 0 aliphatic carbocycles. The molecule has 4 saturated heterocycles. The first-order valence-corrected chi connectivity index (χ1v) is 13.5. The Labute approximate surface area is 239 Å². The van der Waals surface area contributed by atoms with Crippen LogP contribution in [0.4, 0.5) is 0 Å². The van der Waals surface area contributed by atoms with Crippen molar-refractivity contribution in [3.05, 3.63) is 0 Å². The van der Waals surface area contributed by atoms with Gasteiger partial charge in [0, 0.05) is 6.54 Å². The van der Waals surface area contributed by atoms with Crippen molar-refractivity contribution < 1.29 is 89.7 Å². The summed E-state index contributed by atoms with van der Waals surface area (Å²) in [5.74, 6) is 0. The largest absolute Gasteiger partial charge is 0.395 e. The molecular weight excluding hydrogens is 578 g/mol. The smallest absolute Gasteiger partial charge is 0.187 e. The van der Waals surface area contributed by atoms with E-state index in [2.05, 4.69) is 5.32 Å². The minimum Gasteiger partial charge on any atom is -0.395 e. The Morgan fingerprint density at radius 3 is 1.31 bits per heavy atom. The summed E-state index contributed by atoms with van der Waals surface area (Å²) < 4.78 is 33.0. The SMILES string of the molecule is OC[C@H]1NC[C@@H](O)[C@@H]1O[C@H]1O[C@H](CO)[C@@H](O[C@@H]2O[C@H](CO)[C@@H](O[C@@H]3O[C@H](CO)[C@@H](O)[C@H](O)[C@H]3O)[C@H](O)[C@@H]2O)[C@H](O)[C@H]1O. The van der Waals surface area contributed by atoms with Gasteiger partial charge in [-0.3, -0.25) is 0 Å². The molecule has 0 amide bonds. The van der Waals surface area contributed by atoms with E-state index in [0.29, 0.717) is 0 Å². The topological polar surface area (TPSA) is 310 Å². The van der Waals surface area contributed by atoms with Crippen molar-refractivity contribution in [3.63, 3.8) is 0 Å². The van der Waals surface area contributed by atoms with Crippen molar-refractivity contribution in [3.8, 4) is 0 Å². The highest BCUT2D eigenvalue weighted by molar-refractivity contribution is 4.98. The van der Waals surface area contributed by atoms with Gasteiger partial charge in [0.25, 0.3) is 0 Å². The molecule has 0 radical (unpaired) electrons. The minimum absolute atomic E-state index is 0.0861. The molecule has 0 aromatic carbocycles. The zero-order valence-electron chi connectivity index (χ0n) is 22.2. The van der Waals surface area contributed by atoms with Crippen LogP contribution >= 0.6 is 0 Å². The third-order valence-corrected chi connectivity index (χ3v) is 7.93. The number of rotatable bonds is 10. The molecule has 246 valence electrons. The zero-order chi connectivity index (χ0) is 30.9. The number of aliphatic hydroxyl groups excluding tert-OH is 12. The van der Waals surface area contributed by atoms with Crippen molar-refractivity contribution in [1.82, 2.24) is 5.32 Å². The summed E-state index contributed by atoms with van der Waals surface area (Å²) in [4.78, 5) is 0. The van der Waals surface area contributed by atoms with E-state index in [-0.39, 0.29) is 6.54 Å². The summed E-state index contributed by atoms with van der Waals surface area (Å²) >= 11 is 0. The van der Waals surface area contributed by atoms with Crippen molar-refractivity contribution in [2.45, 2.75) is 110 Å². The fraction of sp³-hybridized carbons (Fsp3) is 1.00. The van der Waals surface area contributed by atoms with Crippen LogP contribution in [0, 0.1) is 0 Å². The van der Waals surface area contributed by atoms with Crippen LogP contribution in [0.15, 0.2) is 0 Å². The summed E-state index contributed by atoms with van der Waals surface area (Å²) in [5.41, 5.74) is 0. The standard InChI is InChI=1S/C23H41NO18/c25-2-6-18(7(29)1-24-6)40-22-16(35)13(32)20(9(4-27)38-22)42-23-17(36)14(33)19(10(5-28)39-23)41-21-15(34)12(31)11(30)8(3-26)37-21/h6-36H,1-5H2/t6-,7-,8-,9-,10-,11-,12+,13-,14-,15-,16-,17+,18-,19-,20-,21+,22-,23+/m1/s1. The number of aliphatic hydroxyl groups is 12. The lowest BCUT2D eigenvalue weighted by Crippen LogP contribution is -2.67. The van der Waals surface area contributed by atoms with Gasteiger partial charge in [0.1, 0.15) is 79.4 Å². The van der Waals surface area contributed by atoms with Crippen LogP contribution in [0.25, 0.3) is 0 Å². The molecule has 0 saturated carbocycles. The van der Waals surface area contributed by atoms with Crippen molar-refractivity contribution in [1.29, 1.82) is 0 Å². The molecule has 42 heavy (non-hydrogen) atoms. The van der Waals surface area contributed by atoms with Crippen LogP contribution in [-0.4, -0.2) is 205 Å². The summed E-state index contributed by atoms with van der Waals surface area (Å²) in [6, 6.07) is -0.699. The van der Waals surface area contributed by atoms with Crippen LogP contribution in [0.2, 0.25) is 0 Å². The first kappa shape index (κ1) is 34.1. The van der Waals surface area contributed by atoms with Gasteiger partial charge in [-0.05, 0) is 0 Å². The highest BCUT2D eigenvalue weighted by atomic mass is 16.8. The monoisotopic (exact) mass is 619 g/mol. The Balaban J connectivity index is 1.42. The molecule has 0 bridgehead atoms. The van der Waals surface area contributed by atoms with Gasteiger partial charge in [-0.1, -0.05) is 0 Å². The normalized spacial score (nSPS) is 52.0. The Morgan fingerprint density at radius 1 is 0.476 bits per heavy atom. The molecular formula is C23H41NO18. The van der Waals surface area contributed by atoms with Gasteiger partial charge in [-0.25, -0.2) is 0 Å². The van der Waals surface area contributed by atoms with Gasteiger partial charge < -0.3 is 95.0 Å². The molecule has 0 aromatic rings. The molecule has 4 fully saturated rings. The predicted molar refractivity (Wildman–Crippen MR) is 129 cm³/mol. The lowest BCUT2D eigenvalue weighted by atomic mass is 9.96. The van der Waals surface area contributed by atoms with Crippen LogP contribution in [-0.2, 0) is 28.4 Å². The molecule has 18 atom stereocenters. The van der Waals surface area contributed by atoms with Gasteiger partial charge in [-0.15, -0.1) is 0 Å². The van der Waals surface area contributed by atoms with E-state index in [0.717, 1.165) is 0 Å². The summed E-state index contributed by atoms with van der Waals surface area (Å²) in [6.45, 7) is -2.72. The minimum atomic E-state index is -1.95. The second-order valence-corrected chi connectivity index (χ2v) is 10.7. The van der Waals surface area contributed by atoms with E-state index in [4.69, 9.17) is 28.4 Å². The molecule has 19 nitrogen and oxygen atoms in total. The number of ether oxygens (including phenoxy) is 6. The number of nitrogens with one attached hydrogen (secondary N) is 1. The van der Waals surface area contributed by atoms with E-state index >= 15 is 0 Å². The summed E-state index contributed by atoms with van der Waals surface area (Å²) in [7, 11) is 0. The summed E-state index contributed by atoms with van der Waals surface area (Å²) in [6.07, 6.45) is -27.4. The van der Waals surface area contributed by atoms with Crippen molar-refractivity contribution in [2.75, 3.05) is 33.0 Å². The Bertz CT molecular complexity index is 839. The van der Waals surface area contributed by atoms with Gasteiger partial charge in [0.2, 0.25) is 0 Å². The Morgan fingerprint density at radius 2 is 0.881 bits per heavy atom. The van der Waals surface area contributed by atoms with E-state index in [9.17, 15) is 61.3 Å². The van der Waals surface area contributed by atoms with Gasteiger partial charge in [0.15, 0.2) is 18.9 Å². The molecule has 13 N–H and O–H groups in total. The van der Waals surface area contributed by atoms with E-state index in [1.165, 1.54) is 0 Å². The quantitative estimate of drug-likeness (QED) is 0.108. The second-order valence-electron chi connectivity index (χ2n) is 10.7. The maximum atomic E-state index is 10.8. The van der Waals surface area contributed by atoms with Crippen LogP contribution in [0.5, 0.6) is 0 Å². The molecule has 4 rings (SSSR count). The maximum absolute atomic E-state index is 10.8. The average molecular weight is 620 g/mol. The lowest BCUT2D eigenvalue weighted by Gasteiger charge is -2.48. The van der Waals surface area contributed by atoms with Gasteiger partial charge >= 0.3 is 0 Å². The fourth-order valence-electron chi connectivity index (χ4n) is 5.44. The first-order chi connectivity index (χ1) is 20.0. The van der Waals surface area contributed by atoms with Crippen LogP contribution in [0.1, 0.15) is 0 Å². The third kappa shape index (κ3) is 6.74. The third-order valence-electron chi connectivity index (χ3n) is 7.93.